The number of piperazine rings is 1. The molecule has 1 aliphatic heterocycles. The molecule has 1 saturated heterocycles. The Balaban J connectivity index is 0.000000625. The van der Waals surface area contributed by atoms with E-state index in [1.807, 2.05) is 27.7 Å². The maximum absolute atomic E-state index is 9.35. The van der Waals surface area contributed by atoms with E-state index in [-0.39, 0.29) is 3.42 Å². The molecule has 8 heteroatoms. The molecule has 0 radical (unpaired) electrons. The fraction of sp³-hybridized carbons (Fsp3) is 0.739. The van der Waals surface area contributed by atoms with E-state index < -0.39 is 14.8 Å². The Kier molecular flexibility index (Phi) is 12.9. The number of halogens is 3. The van der Waals surface area contributed by atoms with Crippen LogP contribution in [0.5, 0.6) is 0 Å². The minimum atomic E-state index is -1.67. The van der Waals surface area contributed by atoms with Crippen LogP contribution in [-0.4, -0.2) is 43.5 Å². The lowest BCUT2D eigenvalue weighted by atomic mass is 9.91. The second-order valence-electron chi connectivity index (χ2n) is 9.37. The molecule has 4 nitrogen and oxygen atoms in total. The van der Waals surface area contributed by atoms with Crippen LogP contribution in [0.3, 0.4) is 0 Å². The topological polar surface area (TPSA) is 52.6 Å². The molecule has 31 heavy (non-hydrogen) atoms. The number of rotatable bonds is 2. The summed E-state index contributed by atoms with van der Waals surface area (Å²) in [5.74, 6) is 0. The van der Waals surface area contributed by atoms with E-state index in [9.17, 15) is 5.11 Å². The highest BCUT2D eigenvalue weighted by Gasteiger charge is 2.31. The number of hydrogen-bond donors (Lipinski definition) is 2. The van der Waals surface area contributed by atoms with E-state index in [2.05, 4.69) is 103 Å². The van der Waals surface area contributed by atoms with E-state index in [1.165, 1.54) is 33.5 Å². The molecule has 1 heterocycles. The number of anilines is 1. The zero-order chi connectivity index (χ0) is 24.9. The highest BCUT2D eigenvalue weighted by Crippen LogP contribution is 2.35. The van der Waals surface area contributed by atoms with Crippen LogP contribution < -0.4 is 10.2 Å². The van der Waals surface area contributed by atoms with Gasteiger partial charge in [0.1, 0.15) is 0 Å². The minimum Gasteiger partial charge on any atom is -0.389 e. The zero-order valence-electron chi connectivity index (χ0n) is 20.9. The molecule has 2 unspecified atom stereocenters. The average Bonchev–Trinajstić information content (AvgIpc) is 2.60. The van der Waals surface area contributed by atoms with Crippen molar-refractivity contribution in [3.05, 3.63) is 27.8 Å². The first kappa shape index (κ1) is 31.4. The van der Waals surface area contributed by atoms with Crippen LogP contribution in [0.25, 0.3) is 0 Å². The molecule has 0 saturated carbocycles. The molecule has 2 rings (SSSR count). The molecule has 2 N–H and O–H groups in total. The lowest BCUT2D eigenvalue weighted by Crippen LogP contribution is -2.56. The third-order valence-corrected chi connectivity index (χ3v) is 8.06. The molecular weight excluding hydrogens is 566 g/mol. The van der Waals surface area contributed by atoms with Gasteiger partial charge in [0.2, 0.25) is 9.23 Å². The standard InChI is InChI=1S/C17H28N2.C6H13IO.Cl2OS/c1-10-11(2)13(4)17(14(5)12(10)3)19-9-8-18-15(6)16(19)7;1-5(2,7)6(3,4)8;1-4(2)3/h15-16,18H,8-9H2,1-7H3;8H,1-4H3;. The molecule has 1 fully saturated rings. The fourth-order valence-corrected chi connectivity index (χ4v) is 3.28. The molecule has 0 amide bonds. The van der Waals surface area contributed by atoms with Gasteiger partial charge < -0.3 is 15.3 Å². The average molecular weight is 607 g/mol. The number of benzene rings is 1. The van der Waals surface area contributed by atoms with Gasteiger partial charge in [0, 0.05) is 55.6 Å². The van der Waals surface area contributed by atoms with Crippen LogP contribution in [0.2, 0.25) is 0 Å². The van der Waals surface area contributed by atoms with Crippen molar-refractivity contribution in [3.63, 3.8) is 0 Å². The summed E-state index contributed by atoms with van der Waals surface area (Å²) in [5, 5.41) is 12.9. The summed E-state index contributed by atoms with van der Waals surface area (Å²) < 4.78 is 9.05. The van der Waals surface area contributed by atoms with E-state index >= 15 is 0 Å². The molecule has 1 aromatic carbocycles. The van der Waals surface area contributed by atoms with Crippen molar-refractivity contribution >= 4 is 58.9 Å². The number of aliphatic hydroxyl groups is 1. The summed E-state index contributed by atoms with van der Waals surface area (Å²) in [5.41, 5.74) is 8.18. The van der Waals surface area contributed by atoms with Crippen molar-refractivity contribution in [2.75, 3.05) is 18.0 Å². The molecule has 0 aliphatic carbocycles. The van der Waals surface area contributed by atoms with E-state index in [0.29, 0.717) is 12.1 Å². The Morgan fingerprint density at radius 3 is 1.61 bits per heavy atom. The second kappa shape index (κ2) is 12.7. The summed E-state index contributed by atoms with van der Waals surface area (Å²) >= 11 is 2.23. The molecule has 2 atom stereocenters. The largest absolute Gasteiger partial charge is 0.389 e. The predicted molar refractivity (Wildman–Crippen MR) is 149 cm³/mol. The molecule has 182 valence electrons. The maximum atomic E-state index is 9.35. The smallest absolute Gasteiger partial charge is 0.211 e. The Hall–Kier alpha value is 0.400. The van der Waals surface area contributed by atoms with Crippen molar-refractivity contribution in [1.29, 1.82) is 0 Å². The van der Waals surface area contributed by atoms with Gasteiger partial charge in [-0.1, -0.05) is 22.6 Å². The van der Waals surface area contributed by atoms with Crippen LogP contribution in [-0.2, 0) is 9.23 Å². The normalized spacial score (nSPS) is 19.4. The van der Waals surface area contributed by atoms with Crippen LogP contribution in [0, 0.1) is 34.6 Å². The fourth-order valence-electron chi connectivity index (χ4n) is 3.28. The second-order valence-corrected chi connectivity index (χ2v) is 14.6. The summed E-state index contributed by atoms with van der Waals surface area (Å²) in [6.45, 7) is 25.8. The quantitative estimate of drug-likeness (QED) is 0.231. The van der Waals surface area contributed by atoms with Gasteiger partial charge in [-0.3, -0.25) is 0 Å². The van der Waals surface area contributed by atoms with Crippen molar-refractivity contribution in [2.24, 2.45) is 0 Å². The predicted octanol–water partition coefficient (Wildman–Crippen LogP) is 6.43. The van der Waals surface area contributed by atoms with Crippen LogP contribution in [0.1, 0.15) is 69.4 Å². The van der Waals surface area contributed by atoms with E-state index in [1.54, 1.807) is 0 Å². The third-order valence-electron chi connectivity index (χ3n) is 6.74. The Labute approximate surface area is 215 Å². The summed E-state index contributed by atoms with van der Waals surface area (Å²) in [6, 6.07) is 1.10. The van der Waals surface area contributed by atoms with E-state index in [4.69, 9.17) is 4.21 Å². The van der Waals surface area contributed by atoms with Gasteiger partial charge in [-0.15, -0.1) is 0 Å². The Bertz CT molecular complexity index is 716. The number of nitrogens with zero attached hydrogens (tertiary/aromatic N) is 1. The molecule has 0 aromatic heterocycles. The van der Waals surface area contributed by atoms with E-state index in [0.717, 1.165) is 13.1 Å². The van der Waals surface area contributed by atoms with Gasteiger partial charge in [-0.05, 0) is 104 Å². The third kappa shape index (κ3) is 9.28. The molecular formula is C23H41Cl2IN2O2S. The Morgan fingerprint density at radius 2 is 1.29 bits per heavy atom. The first-order valence-corrected chi connectivity index (χ1v) is 14.4. The van der Waals surface area contributed by atoms with Crippen molar-refractivity contribution in [1.82, 2.24) is 5.32 Å². The van der Waals surface area contributed by atoms with Gasteiger partial charge in [0.05, 0.1) is 5.60 Å². The number of alkyl halides is 1. The molecule has 1 aromatic rings. The SMILES string of the molecule is CC(C)(O)C(C)(C)I.Cc1c(C)c(C)c(N2CCNC(C)C2C)c(C)c1C.O=S(Cl)Cl. The van der Waals surface area contributed by atoms with Gasteiger partial charge in [-0.25, -0.2) is 4.21 Å². The first-order chi connectivity index (χ1) is 13.8. The van der Waals surface area contributed by atoms with Gasteiger partial charge >= 0.3 is 0 Å². The van der Waals surface area contributed by atoms with Crippen LogP contribution in [0.15, 0.2) is 0 Å². The lowest BCUT2D eigenvalue weighted by Gasteiger charge is -2.42. The van der Waals surface area contributed by atoms with Crippen molar-refractivity contribution in [3.8, 4) is 0 Å². The highest BCUT2D eigenvalue weighted by atomic mass is 127. The molecule has 0 bridgehead atoms. The van der Waals surface area contributed by atoms with Crippen LogP contribution in [0.4, 0.5) is 5.69 Å². The van der Waals surface area contributed by atoms with Crippen molar-refractivity contribution in [2.45, 2.75) is 97.3 Å². The van der Waals surface area contributed by atoms with Crippen LogP contribution >= 0.6 is 44.0 Å². The zero-order valence-corrected chi connectivity index (χ0v) is 25.4. The number of nitrogens with one attached hydrogen (secondary N) is 1. The molecule has 1 aliphatic rings. The highest BCUT2D eigenvalue weighted by molar-refractivity contribution is 14.1. The summed E-state index contributed by atoms with van der Waals surface area (Å²) in [6.07, 6.45) is 0. The Morgan fingerprint density at radius 1 is 0.968 bits per heavy atom. The van der Waals surface area contributed by atoms with Gasteiger partial charge in [0.25, 0.3) is 0 Å². The summed E-state index contributed by atoms with van der Waals surface area (Å²) in [4.78, 5) is 2.60. The number of hydrogen-bond acceptors (Lipinski definition) is 4. The molecule has 0 spiro atoms. The van der Waals surface area contributed by atoms with Gasteiger partial charge in [-0.2, -0.15) is 0 Å². The first-order valence-electron chi connectivity index (χ1n) is 10.6. The van der Waals surface area contributed by atoms with Gasteiger partial charge in [0.15, 0.2) is 0 Å². The summed E-state index contributed by atoms with van der Waals surface area (Å²) in [7, 11) is 7.36. The lowest BCUT2D eigenvalue weighted by molar-refractivity contribution is 0.0558. The maximum Gasteiger partial charge on any atom is 0.211 e. The minimum absolute atomic E-state index is 0.0369. The van der Waals surface area contributed by atoms with Crippen molar-refractivity contribution < 1.29 is 9.32 Å². The monoisotopic (exact) mass is 606 g/mol.